The smallest absolute Gasteiger partial charge is 0.253 e. The maximum Gasteiger partial charge on any atom is 0.253 e. The highest BCUT2D eigenvalue weighted by Crippen LogP contribution is 2.16. The van der Waals surface area contributed by atoms with Crippen LogP contribution in [0.25, 0.3) is 0 Å². The zero-order valence-corrected chi connectivity index (χ0v) is 12.7. The second-order valence-corrected chi connectivity index (χ2v) is 5.94. The first-order chi connectivity index (χ1) is 10.7. The molecule has 2 fully saturated rings. The molecule has 1 aromatic carbocycles. The third-order valence-electron chi connectivity index (χ3n) is 4.37. The molecular weight excluding hydrogens is 280 g/mol. The van der Waals surface area contributed by atoms with E-state index in [-0.39, 0.29) is 24.0 Å². The molecule has 2 amide bonds. The number of piperidine rings is 1. The summed E-state index contributed by atoms with van der Waals surface area (Å²) in [6.07, 6.45) is 3.11. The number of amides is 2. The normalized spacial score (nSPS) is 22.5. The summed E-state index contributed by atoms with van der Waals surface area (Å²) >= 11 is 0. The molecule has 1 N–H and O–H groups in total. The summed E-state index contributed by atoms with van der Waals surface area (Å²) in [7, 11) is 0. The second-order valence-electron chi connectivity index (χ2n) is 5.94. The van der Waals surface area contributed by atoms with Crippen LogP contribution < -0.4 is 5.32 Å². The minimum atomic E-state index is -0.274. The van der Waals surface area contributed by atoms with Gasteiger partial charge in [-0.05, 0) is 37.8 Å². The van der Waals surface area contributed by atoms with Crippen LogP contribution in [-0.4, -0.2) is 48.6 Å². The van der Waals surface area contributed by atoms with Crippen molar-refractivity contribution in [3.05, 3.63) is 35.9 Å². The molecule has 22 heavy (non-hydrogen) atoms. The Balaban J connectivity index is 1.48. The summed E-state index contributed by atoms with van der Waals surface area (Å²) < 4.78 is 5.40. The van der Waals surface area contributed by atoms with Crippen LogP contribution in [0.1, 0.15) is 36.0 Å². The van der Waals surface area contributed by atoms with Crippen molar-refractivity contribution in [2.24, 2.45) is 0 Å². The average molecular weight is 302 g/mol. The zero-order valence-electron chi connectivity index (χ0n) is 12.7. The molecule has 0 aliphatic carbocycles. The van der Waals surface area contributed by atoms with E-state index < -0.39 is 0 Å². The van der Waals surface area contributed by atoms with Crippen LogP contribution in [0.5, 0.6) is 0 Å². The van der Waals surface area contributed by atoms with E-state index in [0.717, 1.165) is 31.2 Å². The van der Waals surface area contributed by atoms with Crippen molar-refractivity contribution in [3.8, 4) is 0 Å². The molecular formula is C17H22N2O3. The molecule has 5 nitrogen and oxygen atoms in total. The lowest BCUT2D eigenvalue weighted by Gasteiger charge is -2.32. The van der Waals surface area contributed by atoms with Crippen LogP contribution in [0.2, 0.25) is 0 Å². The van der Waals surface area contributed by atoms with E-state index in [1.165, 1.54) is 0 Å². The van der Waals surface area contributed by atoms with E-state index in [9.17, 15) is 9.59 Å². The fraction of sp³-hybridized carbons (Fsp3) is 0.529. The number of benzene rings is 1. The quantitative estimate of drug-likeness (QED) is 0.922. The molecule has 1 aromatic rings. The van der Waals surface area contributed by atoms with Gasteiger partial charge in [-0.3, -0.25) is 9.59 Å². The predicted molar refractivity (Wildman–Crippen MR) is 82.5 cm³/mol. The number of rotatable bonds is 3. The molecule has 2 aliphatic rings. The maximum absolute atomic E-state index is 12.4. The molecule has 5 heteroatoms. The summed E-state index contributed by atoms with van der Waals surface area (Å²) in [5.41, 5.74) is 0.726. The fourth-order valence-corrected chi connectivity index (χ4v) is 3.07. The van der Waals surface area contributed by atoms with Gasteiger partial charge in [-0.2, -0.15) is 0 Å². The monoisotopic (exact) mass is 302 g/mol. The van der Waals surface area contributed by atoms with E-state index in [1.54, 1.807) is 0 Å². The van der Waals surface area contributed by atoms with Crippen LogP contribution in [-0.2, 0) is 9.53 Å². The number of nitrogens with zero attached hydrogens (tertiary/aromatic N) is 1. The van der Waals surface area contributed by atoms with Gasteiger partial charge >= 0.3 is 0 Å². The minimum Gasteiger partial charge on any atom is -0.368 e. The van der Waals surface area contributed by atoms with Crippen molar-refractivity contribution in [1.82, 2.24) is 10.2 Å². The summed E-state index contributed by atoms with van der Waals surface area (Å²) in [6.45, 7) is 2.05. The largest absolute Gasteiger partial charge is 0.368 e. The average Bonchev–Trinajstić information content (AvgIpc) is 3.10. The number of hydrogen-bond acceptors (Lipinski definition) is 3. The molecule has 1 unspecified atom stereocenters. The van der Waals surface area contributed by atoms with Gasteiger partial charge in [0.2, 0.25) is 5.91 Å². The van der Waals surface area contributed by atoms with Gasteiger partial charge in [-0.15, -0.1) is 0 Å². The molecule has 0 saturated carbocycles. The first kappa shape index (κ1) is 15.0. The van der Waals surface area contributed by atoms with Crippen molar-refractivity contribution in [2.45, 2.75) is 37.8 Å². The topological polar surface area (TPSA) is 58.6 Å². The van der Waals surface area contributed by atoms with Crippen molar-refractivity contribution in [1.29, 1.82) is 0 Å². The van der Waals surface area contributed by atoms with E-state index in [2.05, 4.69) is 5.32 Å². The van der Waals surface area contributed by atoms with Gasteiger partial charge < -0.3 is 15.0 Å². The molecule has 0 radical (unpaired) electrons. The summed E-state index contributed by atoms with van der Waals surface area (Å²) in [5.74, 6) is 0.0786. The van der Waals surface area contributed by atoms with Crippen LogP contribution in [0.4, 0.5) is 0 Å². The number of hydrogen-bond donors (Lipinski definition) is 1. The number of likely N-dealkylation sites (tertiary alicyclic amines) is 1. The molecule has 2 heterocycles. The number of nitrogens with one attached hydrogen (secondary N) is 1. The maximum atomic E-state index is 12.4. The molecule has 0 bridgehead atoms. The Morgan fingerprint density at radius 3 is 2.45 bits per heavy atom. The zero-order chi connectivity index (χ0) is 15.4. The van der Waals surface area contributed by atoms with E-state index in [4.69, 9.17) is 4.74 Å². The first-order valence-electron chi connectivity index (χ1n) is 8.00. The van der Waals surface area contributed by atoms with Gasteiger partial charge in [0.1, 0.15) is 6.10 Å². The van der Waals surface area contributed by atoms with Crippen LogP contribution in [0, 0.1) is 0 Å². The van der Waals surface area contributed by atoms with Crippen LogP contribution in [0.15, 0.2) is 30.3 Å². The third-order valence-corrected chi connectivity index (χ3v) is 4.37. The van der Waals surface area contributed by atoms with E-state index in [1.807, 2.05) is 35.2 Å². The lowest BCUT2D eigenvalue weighted by Crippen LogP contribution is -2.48. The summed E-state index contributed by atoms with van der Waals surface area (Å²) in [4.78, 5) is 26.3. The second kappa shape index (κ2) is 6.92. The van der Waals surface area contributed by atoms with Gasteiger partial charge in [-0.25, -0.2) is 0 Å². The SMILES string of the molecule is O=C(NC1CCN(C(=O)c2ccccc2)CC1)C1CCCO1. The van der Waals surface area contributed by atoms with Gasteiger partial charge in [-0.1, -0.05) is 18.2 Å². The fourth-order valence-electron chi connectivity index (χ4n) is 3.07. The van der Waals surface area contributed by atoms with E-state index in [0.29, 0.717) is 19.7 Å². The number of carbonyl (C=O) groups excluding carboxylic acids is 2. The highest BCUT2D eigenvalue weighted by atomic mass is 16.5. The highest BCUT2D eigenvalue weighted by Gasteiger charge is 2.28. The van der Waals surface area contributed by atoms with E-state index >= 15 is 0 Å². The first-order valence-corrected chi connectivity index (χ1v) is 8.00. The summed E-state index contributed by atoms with van der Waals surface area (Å²) in [6, 6.07) is 9.49. The lowest BCUT2D eigenvalue weighted by molar-refractivity contribution is -0.131. The Labute approximate surface area is 130 Å². The standard InChI is InChI=1S/C17H22N2O3/c20-16(15-7-4-12-22-15)18-14-8-10-19(11-9-14)17(21)13-5-2-1-3-6-13/h1-3,5-6,14-15H,4,7-12H2,(H,18,20). The number of ether oxygens (including phenoxy) is 1. The Morgan fingerprint density at radius 2 is 1.82 bits per heavy atom. The molecule has 2 saturated heterocycles. The third kappa shape index (κ3) is 3.47. The summed E-state index contributed by atoms with van der Waals surface area (Å²) in [5, 5.41) is 3.06. The predicted octanol–water partition coefficient (Wildman–Crippen LogP) is 1.59. The molecule has 2 aliphatic heterocycles. The number of carbonyl (C=O) groups is 2. The van der Waals surface area contributed by atoms with Crippen LogP contribution >= 0.6 is 0 Å². The van der Waals surface area contributed by atoms with Gasteiger partial charge in [0, 0.05) is 31.3 Å². The Hall–Kier alpha value is -1.88. The molecule has 3 rings (SSSR count). The van der Waals surface area contributed by atoms with Crippen molar-refractivity contribution >= 4 is 11.8 Å². The molecule has 1 atom stereocenters. The van der Waals surface area contributed by atoms with Crippen LogP contribution in [0.3, 0.4) is 0 Å². The molecule has 0 spiro atoms. The van der Waals surface area contributed by atoms with Gasteiger partial charge in [0.25, 0.3) is 5.91 Å². The van der Waals surface area contributed by atoms with Gasteiger partial charge in [0.15, 0.2) is 0 Å². The van der Waals surface area contributed by atoms with Crippen molar-refractivity contribution in [2.75, 3.05) is 19.7 Å². The van der Waals surface area contributed by atoms with Gasteiger partial charge in [0.05, 0.1) is 0 Å². The Bertz CT molecular complexity index is 518. The Kier molecular flexibility index (Phi) is 4.73. The molecule has 0 aromatic heterocycles. The lowest BCUT2D eigenvalue weighted by atomic mass is 10.0. The van der Waals surface area contributed by atoms with Crippen molar-refractivity contribution < 1.29 is 14.3 Å². The molecule has 118 valence electrons. The Morgan fingerprint density at radius 1 is 1.09 bits per heavy atom. The minimum absolute atomic E-state index is 0.00494. The highest BCUT2D eigenvalue weighted by molar-refractivity contribution is 5.94. The van der Waals surface area contributed by atoms with Crippen molar-refractivity contribution in [3.63, 3.8) is 0 Å².